The first-order valence-electron chi connectivity index (χ1n) is 7.08. The quantitative estimate of drug-likeness (QED) is 0.816. The monoisotopic (exact) mass is 321 g/mol. The third kappa shape index (κ3) is 3.10. The molecule has 0 fully saturated rings. The van der Waals surface area contributed by atoms with E-state index in [1.807, 2.05) is 30.3 Å². The molecule has 0 radical (unpaired) electrons. The molecule has 2 atom stereocenters. The number of hydrogen-bond acceptors (Lipinski definition) is 2. The van der Waals surface area contributed by atoms with Crippen molar-refractivity contribution in [1.82, 2.24) is 5.32 Å². The molecule has 0 spiro atoms. The van der Waals surface area contributed by atoms with E-state index in [4.69, 9.17) is 11.6 Å². The smallest absolute Gasteiger partial charge is 0.137 e. The molecule has 1 aliphatic heterocycles. The molecule has 1 nitrogen and oxygen atoms in total. The van der Waals surface area contributed by atoms with Crippen LogP contribution in [-0.2, 0) is 0 Å². The molecule has 0 aromatic heterocycles. The highest BCUT2D eigenvalue weighted by Gasteiger charge is 2.24. The minimum absolute atomic E-state index is 0.116. The zero-order valence-electron chi connectivity index (χ0n) is 11.8. The standard InChI is InChI=1S/C17H17ClFNS/c1-11(12-5-2-3-7-14(12)18)20-16-9-10-21-17-13(16)6-4-8-15(17)19/h2-8,11,16,20H,9-10H2,1H3. The highest BCUT2D eigenvalue weighted by atomic mass is 35.5. The van der Waals surface area contributed by atoms with Crippen molar-refractivity contribution in [2.24, 2.45) is 0 Å². The van der Waals surface area contributed by atoms with Crippen molar-refractivity contribution >= 4 is 23.4 Å². The number of hydrogen-bond donors (Lipinski definition) is 1. The van der Waals surface area contributed by atoms with Gasteiger partial charge in [-0.1, -0.05) is 41.9 Å². The third-order valence-corrected chi connectivity index (χ3v) is 5.35. The fourth-order valence-electron chi connectivity index (χ4n) is 2.78. The summed E-state index contributed by atoms with van der Waals surface area (Å²) in [5, 5.41) is 4.36. The lowest BCUT2D eigenvalue weighted by atomic mass is 10.0. The van der Waals surface area contributed by atoms with Crippen LogP contribution in [-0.4, -0.2) is 5.75 Å². The molecule has 0 bridgehead atoms. The Morgan fingerprint density at radius 3 is 2.86 bits per heavy atom. The predicted molar refractivity (Wildman–Crippen MR) is 87.5 cm³/mol. The van der Waals surface area contributed by atoms with Crippen LogP contribution in [0.2, 0.25) is 5.02 Å². The summed E-state index contributed by atoms with van der Waals surface area (Å²) in [6.45, 7) is 2.10. The molecule has 0 amide bonds. The maximum Gasteiger partial charge on any atom is 0.137 e. The van der Waals surface area contributed by atoms with E-state index in [0.29, 0.717) is 0 Å². The van der Waals surface area contributed by atoms with Gasteiger partial charge >= 0.3 is 0 Å². The predicted octanol–water partition coefficient (Wildman–Crippen LogP) is 5.37. The number of benzene rings is 2. The van der Waals surface area contributed by atoms with Crippen molar-refractivity contribution in [2.45, 2.75) is 30.3 Å². The van der Waals surface area contributed by atoms with Crippen molar-refractivity contribution in [2.75, 3.05) is 5.75 Å². The van der Waals surface area contributed by atoms with Gasteiger partial charge in [-0.2, -0.15) is 0 Å². The second-order valence-electron chi connectivity index (χ2n) is 5.26. The van der Waals surface area contributed by atoms with E-state index in [1.54, 1.807) is 17.8 Å². The molecule has 1 N–H and O–H groups in total. The van der Waals surface area contributed by atoms with E-state index in [9.17, 15) is 4.39 Å². The number of halogens is 2. The van der Waals surface area contributed by atoms with E-state index in [-0.39, 0.29) is 17.9 Å². The number of rotatable bonds is 3. The SMILES string of the molecule is CC(NC1CCSc2c(F)cccc21)c1ccccc1Cl. The van der Waals surface area contributed by atoms with E-state index in [1.165, 1.54) is 6.07 Å². The van der Waals surface area contributed by atoms with Gasteiger partial charge in [0.05, 0.1) is 0 Å². The normalized spacial score (nSPS) is 19.1. The van der Waals surface area contributed by atoms with Crippen molar-refractivity contribution in [1.29, 1.82) is 0 Å². The summed E-state index contributed by atoms with van der Waals surface area (Å²) >= 11 is 7.86. The van der Waals surface area contributed by atoms with Crippen LogP contribution in [0.3, 0.4) is 0 Å². The van der Waals surface area contributed by atoms with Gasteiger partial charge in [0.25, 0.3) is 0 Å². The van der Waals surface area contributed by atoms with E-state index >= 15 is 0 Å². The number of thioether (sulfide) groups is 1. The van der Waals surface area contributed by atoms with Crippen LogP contribution in [0.4, 0.5) is 4.39 Å². The van der Waals surface area contributed by atoms with E-state index < -0.39 is 0 Å². The Kier molecular flexibility index (Phi) is 4.53. The Balaban J connectivity index is 1.84. The summed E-state index contributed by atoms with van der Waals surface area (Å²) in [4.78, 5) is 0.785. The Morgan fingerprint density at radius 2 is 2.05 bits per heavy atom. The second kappa shape index (κ2) is 6.39. The van der Waals surface area contributed by atoms with Crippen LogP contribution in [0, 0.1) is 5.82 Å². The first-order chi connectivity index (χ1) is 10.2. The van der Waals surface area contributed by atoms with Crippen LogP contribution in [0.1, 0.15) is 36.6 Å². The van der Waals surface area contributed by atoms with Gasteiger partial charge in [-0.05, 0) is 42.4 Å². The van der Waals surface area contributed by atoms with Crippen LogP contribution < -0.4 is 5.32 Å². The van der Waals surface area contributed by atoms with Crippen LogP contribution in [0.25, 0.3) is 0 Å². The topological polar surface area (TPSA) is 12.0 Å². The summed E-state index contributed by atoms with van der Waals surface area (Å²) in [6.07, 6.45) is 0.996. The van der Waals surface area contributed by atoms with Crippen molar-refractivity contribution in [3.05, 3.63) is 64.4 Å². The van der Waals surface area contributed by atoms with Gasteiger partial charge < -0.3 is 5.32 Å². The highest BCUT2D eigenvalue weighted by molar-refractivity contribution is 7.99. The van der Waals surface area contributed by atoms with Crippen molar-refractivity contribution in [3.63, 3.8) is 0 Å². The molecule has 21 heavy (non-hydrogen) atoms. The highest BCUT2D eigenvalue weighted by Crippen LogP contribution is 2.39. The maximum absolute atomic E-state index is 13.9. The van der Waals surface area contributed by atoms with E-state index in [0.717, 1.165) is 33.2 Å². The second-order valence-corrected chi connectivity index (χ2v) is 6.77. The Morgan fingerprint density at radius 1 is 1.24 bits per heavy atom. The molecule has 0 aliphatic carbocycles. The van der Waals surface area contributed by atoms with Crippen LogP contribution in [0.5, 0.6) is 0 Å². The lowest BCUT2D eigenvalue weighted by Crippen LogP contribution is -2.27. The van der Waals surface area contributed by atoms with Crippen LogP contribution in [0.15, 0.2) is 47.4 Å². The third-order valence-electron chi connectivity index (χ3n) is 3.85. The fourth-order valence-corrected chi connectivity index (χ4v) is 4.22. The molecule has 2 aromatic rings. The minimum Gasteiger partial charge on any atom is -0.303 e. The molecule has 1 heterocycles. The summed E-state index contributed by atoms with van der Waals surface area (Å²) in [5.74, 6) is 0.815. The van der Waals surface area contributed by atoms with Gasteiger partial charge in [0.15, 0.2) is 0 Å². The molecule has 3 rings (SSSR count). The summed E-state index contributed by atoms with van der Waals surface area (Å²) in [5.41, 5.74) is 2.14. The minimum atomic E-state index is -0.116. The Bertz CT molecular complexity index is 646. The summed E-state index contributed by atoms with van der Waals surface area (Å²) in [6, 6.07) is 13.5. The summed E-state index contributed by atoms with van der Waals surface area (Å²) in [7, 11) is 0. The molecule has 0 saturated carbocycles. The first kappa shape index (κ1) is 14.9. The maximum atomic E-state index is 13.9. The molecule has 2 aromatic carbocycles. The zero-order chi connectivity index (χ0) is 14.8. The molecule has 2 unspecified atom stereocenters. The fraction of sp³-hybridized carbons (Fsp3) is 0.294. The molecule has 4 heteroatoms. The Hall–Kier alpha value is -1.03. The zero-order valence-corrected chi connectivity index (χ0v) is 13.3. The van der Waals surface area contributed by atoms with Crippen molar-refractivity contribution < 1.29 is 4.39 Å². The average Bonchev–Trinajstić information content (AvgIpc) is 2.49. The van der Waals surface area contributed by atoms with Gasteiger partial charge in [0.2, 0.25) is 0 Å². The lowest BCUT2D eigenvalue weighted by molar-refractivity contribution is 0.444. The Labute approximate surface area is 133 Å². The lowest BCUT2D eigenvalue weighted by Gasteiger charge is -2.29. The molecular weight excluding hydrogens is 305 g/mol. The van der Waals surface area contributed by atoms with Gasteiger partial charge in [0.1, 0.15) is 5.82 Å². The number of fused-ring (bicyclic) bond motifs is 1. The van der Waals surface area contributed by atoms with E-state index in [2.05, 4.69) is 12.2 Å². The van der Waals surface area contributed by atoms with Crippen molar-refractivity contribution in [3.8, 4) is 0 Å². The molecular formula is C17H17ClFNS. The van der Waals surface area contributed by atoms with Gasteiger partial charge in [-0.15, -0.1) is 11.8 Å². The first-order valence-corrected chi connectivity index (χ1v) is 8.45. The summed E-state index contributed by atoms with van der Waals surface area (Å²) < 4.78 is 13.9. The molecule has 0 saturated heterocycles. The average molecular weight is 322 g/mol. The van der Waals surface area contributed by atoms with Gasteiger partial charge in [-0.3, -0.25) is 0 Å². The molecule has 110 valence electrons. The molecule has 1 aliphatic rings. The number of nitrogens with one attached hydrogen (secondary N) is 1. The van der Waals surface area contributed by atoms with Gasteiger partial charge in [-0.25, -0.2) is 4.39 Å². The van der Waals surface area contributed by atoms with Crippen LogP contribution >= 0.6 is 23.4 Å². The largest absolute Gasteiger partial charge is 0.303 e. The van der Waals surface area contributed by atoms with Gasteiger partial charge in [0, 0.05) is 22.0 Å².